The predicted octanol–water partition coefficient (Wildman–Crippen LogP) is 4.91. The monoisotopic (exact) mass is 249 g/mol. The van der Waals surface area contributed by atoms with Crippen molar-refractivity contribution < 1.29 is 0 Å². The van der Waals surface area contributed by atoms with Crippen LogP contribution in [0.1, 0.15) is 47.1 Å². The highest BCUT2D eigenvalue weighted by Gasteiger charge is 2.20. The van der Waals surface area contributed by atoms with Gasteiger partial charge in [-0.25, -0.2) is 0 Å². The second kappa shape index (κ2) is 4.65. The topological polar surface area (TPSA) is 12.4 Å². The van der Waals surface area contributed by atoms with Gasteiger partial charge in [-0.05, 0) is 43.0 Å². The van der Waals surface area contributed by atoms with Crippen LogP contribution in [0.5, 0.6) is 0 Å². The van der Waals surface area contributed by atoms with E-state index in [0.29, 0.717) is 5.92 Å². The molecule has 0 amide bonds. The fourth-order valence-corrected chi connectivity index (χ4v) is 2.93. The van der Waals surface area contributed by atoms with E-state index in [0.717, 1.165) is 12.1 Å². The van der Waals surface area contributed by atoms with E-state index in [-0.39, 0.29) is 0 Å². The van der Waals surface area contributed by atoms with E-state index in [9.17, 15) is 0 Å². The highest BCUT2D eigenvalue weighted by atomic mass is 14.7. The van der Waals surface area contributed by atoms with E-state index >= 15 is 0 Å². The molecule has 1 atom stereocenters. The zero-order valence-corrected chi connectivity index (χ0v) is 11.8. The summed E-state index contributed by atoms with van der Waals surface area (Å²) in [6.45, 7) is 6.57. The lowest BCUT2D eigenvalue weighted by molar-refractivity contribution is 0.777. The summed E-state index contributed by atoms with van der Waals surface area (Å²) in [6, 6.07) is 13.2. The van der Waals surface area contributed by atoms with Gasteiger partial charge in [-0.1, -0.05) is 48.4 Å². The van der Waals surface area contributed by atoms with E-state index in [1.807, 2.05) is 6.21 Å². The number of rotatable bonds is 1. The van der Waals surface area contributed by atoms with Crippen molar-refractivity contribution >= 4 is 11.9 Å². The van der Waals surface area contributed by atoms with Crippen LogP contribution in [0.3, 0.4) is 0 Å². The molecule has 2 aromatic rings. The molecule has 3 rings (SSSR count). The van der Waals surface area contributed by atoms with E-state index in [2.05, 4.69) is 62.2 Å². The van der Waals surface area contributed by atoms with Crippen LogP contribution in [0.15, 0.2) is 41.4 Å². The molecule has 1 unspecified atom stereocenters. The average Bonchev–Trinajstić information content (AvgIpc) is 2.54. The summed E-state index contributed by atoms with van der Waals surface area (Å²) in [5, 5.41) is 0. The van der Waals surface area contributed by atoms with E-state index in [1.165, 1.54) is 27.8 Å². The maximum Gasteiger partial charge on any atom is 0.0668 e. The molecule has 0 aliphatic carbocycles. The Morgan fingerprint density at radius 2 is 1.63 bits per heavy atom. The standard InChI is InChI=1S/C18H19N/c1-4-15-16-9-12(2)5-7-14(16)11-19-18-8-6-13(3)10-17(15)18/h5-11,15H,4H2,1-3H3. The molecule has 0 aromatic heterocycles. The van der Waals surface area contributed by atoms with Gasteiger partial charge in [0.1, 0.15) is 0 Å². The third kappa shape index (κ3) is 2.10. The van der Waals surface area contributed by atoms with Crippen LogP contribution in [0.2, 0.25) is 0 Å². The summed E-state index contributed by atoms with van der Waals surface area (Å²) in [6.07, 6.45) is 3.12. The molecule has 1 nitrogen and oxygen atoms in total. The third-order valence-corrected chi connectivity index (χ3v) is 3.93. The fourth-order valence-electron chi connectivity index (χ4n) is 2.93. The number of hydrogen-bond donors (Lipinski definition) is 0. The van der Waals surface area contributed by atoms with Crippen LogP contribution in [-0.2, 0) is 0 Å². The number of aliphatic imine (C=N–C) groups is 1. The number of aryl methyl sites for hydroxylation is 2. The zero-order valence-electron chi connectivity index (χ0n) is 11.8. The van der Waals surface area contributed by atoms with Gasteiger partial charge >= 0.3 is 0 Å². The number of hydrogen-bond acceptors (Lipinski definition) is 1. The van der Waals surface area contributed by atoms with Crippen LogP contribution < -0.4 is 0 Å². The van der Waals surface area contributed by atoms with Crippen molar-refractivity contribution in [3.63, 3.8) is 0 Å². The second-order valence-corrected chi connectivity index (χ2v) is 5.41. The van der Waals surface area contributed by atoms with Crippen molar-refractivity contribution in [2.24, 2.45) is 4.99 Å². The van der Waals surface area contributed by atoms with Crippen LogP contribution in [0.4, 0.5) is 5.69 Å². The van der Waals surface area contributed by atoms with Gasteiger partial charge in [0, 0.05) is 12.1 Å². The number of fused-ring (bicyclic) bond motifs is 2. The minimum Gasteiger partial charge on any atom is -0.256 e. The molecule has 0 saturated heterocycles. The Kier molecular flexibility index (Phi) is 2.98. The number of benzene rings is 2. The van der Waals surface area contributed by atoms with Crippen LogP contribution in [0.25, 0.3) is 0 Å². The maximum absolute atomic E-state index is 4.67. The van der Waals surface area contributed by atoms with Crippen molar-refractivity contribution in [3.8, 4) is 0 Å². The van der Waals surface area contributed by atoms with Gasteiger partial charge in [0.25, 0.3) is 0 Å². The molecule has 0 bridgehead atoms. The quantitative estimate of drug-likeness (QED) is 0.681. The molecule has 1 aliphatic heterocycles. The predicted molar refractivity (Wildman–Crippen MR) is 81.7 cm³/mol. The highest BCUT2D eigenvalue weighted by molar-refractivity contribution is 5.86. The molecular weight excluding hydrogens is 230 g/mol. The molecule has 19 heavy (non-hydrogen) atoms. The summed E-state index contributed by atoms with van der Waals surface area (Å²) >= 11 is 0. The third-order valence-electron chi connectivity index (χ3n) is 3.93. The summed E-state index contributed by atoms with van der Waals surface area (Å²) in [7, 11) is 0. The van der Waals surface area contributed by atoms with Gasteiger partial charge in [-0.15, -0.1) is 0 Å². The van der Waals surface area contributed by atoms with Crippen molar-refractivity contribution in [2.45, 2.75) is 33.1 Å². The normalized spacial score (nSPS) is 16.7. The molecule has 2 aromatic carbocycles. The number of nitrogens with zero attached hydrogens (tertiary/aromatic N) is 1. The first-order valence-corrected chi connectivity index (χ1v) is 6.94. The smallest absolute Gasteiger partial charge is 0.0668 e. The Hall–Kier alpha value is -1.89. The SMILES string of the molecule is CCC1c2cc(C)ccc2C=Nc2ccc(C)cc21. The molecule has 0 saturated carbocycles. The summed E-state index contributed by atoms with van der Waals surface area (Å²) in [5.74, 6) is 0.451. The largest absolute Gasteiger partial charge is 0.256 e. The Morgan fingerprint density at radius 3 is 2.37 bits per heavy atom. The molecule has 0 radical (unpaired) electrons. The first kappa shape index (κ1) is 12.2. The molecule has 96 valence electrons. The zero-order chi connectivity index (χ0) is 13.4. The van der Waals surface area contributed by atoms with Crippen molar-refractivity contribution in [1.29, 1.82) is 0 Å². The molecule has 0 fully saturated rings. The molecule has 1 aliphatic rings. The molecular formula is C18H19N. The molecule has 0 spiro atoms. The lowest BCUT2D eigenvalue weighted by Gasteiger charge is -2.19. The molecule has 1 heteroatoms. The van der Waals surface area contributed by atoms with Crippen molar-refractivity contribution in [1.82, 2.24) is 0 Å². The van der Waals surface area contributed by atoms with Gasteiger partial charge in [0.05, 0.1) is 5.69 Å². The van der Waals surface area contributed by atoms with Crippen LogP contribution in [-0.4, -0.2) is 6.21 Å². The van der Waals surface area contributed by atoms with Gasteiger partial charge in [0.15, 0.2) is 0 Å². The lowest BCUT2D eigenvalue weighted by Crippen LogP contribution is -2.03. The Morgan fingerprint density at radius 1 is 0.947 bits per heavy atom. The van der Waals surface area contributed by atoms with Gasteiger partial charge in [-0.2, -0.15) is 0 Å². The van der Waals surface area contributed by atoms with Crippen molar-refractivity contribution in [3.05, 3.63) is 64.2 Å². The minimum absolute atomic E-state index is 0.451. The van der Waals surface area contributed by atoms with Gasteiger partial charge < -0.3 is 0 Å². The summed E-state index contributed by atoms with van der Waals surface area (Å²) in [4.78, 5) is 4.67. The van der Waals surface area contributed by atoms with Crippen LogP contribution >= 0.6 is 0 Å². The first-order valence-electron chi connectivity index (χ1n) is 6.94. The fraction of sp³-hybridized carbons (Fsp3) is 0.278. The highest BCUT2D eigenvalue weighted by Crippen LogP contribution is 2.38. The minimum atomic E-state index is 0.451. The van der Waals surface area contributed by atoms with E-state index in [1.54, 1.807) is 0 Å². The first-order chi connectivity index (χ1) is 9.19. The van der Waals surface area contributed by atoms with E-state index in [4.69, 9.17) is 0 Å². The van der Waals surface area contributed by atoms with Gasteiger partial charge in [-0.3, -0.25) is 4.99 Å². The molecule has 1 heterocycles. The Balaban J connectivity index is 2.26. The molecule has 0 N–H and O–H groups in total. The van der Waals surface area contributed by atoms with Crippen molar-refractivity contribution in [2.75, 3.05) is 0 Å². The second-order valence-electron chi connectivity index (χ2n) is 5.41. The average molecular weight is 249 g/mol. The van der Waals surface area contributed by atoms with Gasteiger partial charge in [0.2, 0.25) is 0 Å². The summed E-state index contributed by atoms with van der Waals surface area (Å²) in [5.41, 5.74) is 7.78. The maximum atomic E-state index is 4.67. The summed E-state index contributed by atoms with van der Waals surface area (Å²) < 4.78 is 0. The van der Waals surface area contributed by atoms with Crippen LogP contribution in [0, 0.1) is 13.8 Å². The Labute approximate surface area is 115 Å². The Bertz CT molecular complexity index is 597. The lowest BCUT2D eigenvalue weighted by atomic mass is 9.85. The van der Waals surface area contributed by atoms with E-state index < -0.39 is 0 Å².